The fourth-order valence-corrected chi connectivity index (χ4v) is 1.03. The number of nitrogens with zero attached hydrogens (tertiary/aromatic N) is 5. The van der Waals surface area contributed by atoms with Crippen LogP contribution in [0.4, 0.5) is 10.3 Å². The molecule has 0 radical (unpaired) electrons. The monoisotopic (exact) mass is 222 g/mol. The molecule has 0 aliphatic heterocycles. The van der Waals surface area contributed by atoms with Crippen molar-refractivity contribution in [1.82, 2.24) is 25.2 Å². The number of anilines is 1. The van der Waals surface area contributed by atoms with E-state index in [1.807, 2.05) is 0 Å². The fraction of sp³-hybridized carbons (Fsp3) is 0.125. The number of amides is 1. The van der Waals surface area contributed by atoms with Gasteiger partial charge in [-0.25, -0.2) is 4.98 Å². The maximum atomic E-state index is 12.7. The minimum Gasteiger partial charge on any atom is -0.286 e. The van der Waals surface area contributed by atoms with Crippen molar-refractivity contribution in [3.63, 3.8) is 0 Å². The summed E-state index contributed by atoms with van der Waals surface area (Å²) in [5.74, 6) is -1.27. The standard InChI is InChI=1S/C8H7FN6O/c1-15-13-8(12-14-15)11-7(16)5-3-2-4-6(9)10-5/h2-4H,1H3,(H,11,13,16). The SMILES string of the molecule is Cn1nnc(NC(=O)c2cccc(F)n2)n1. The van der Waals surface area contributed by atoms with Gasteiger partial charge in [0.05, 0.1) is 7.05 Å². The predicted molar refractivity (Wildman–Crippen MR) is 50.9 cm³/mol. The van der Waals surface area contributed by atoms with Crippen molar-refractivity contribution in [3.8, 4) is 0 Å². The van der Waals surface area contributed by atoms with Crippen molar-refractivity contribution < 1.29 is 9.18 Å². The topological polar surface area (TPSA) is 85.6 Å². The lowest BCUT2D eigenvalue weighted by Gasteiger charge is -1.98. The number of aromatic nitrogens is 5. The Kier molecular flexibility index (Phi) is 2.54. The Balaban J connectivity index is 2.14. The highest BCUT2D eigenvalue weighted by molar-refractivity contribution is 6.01. The fourth-order valence-electron chi connectivity index (χ4n) is 1.03. The maximum Gasteiger partial charge on any atom is 0.276 e. The molecule has 0 aliphatic rings. The molecule has 0 fully saturated rings. The average Bonchev–Trinajstić information content (AvgIpc) is 2.64. The van der Waals surface area contributed by atoms with Gasteiger partial charge < -0.3 is 0 Å². The number of hydrogen-bond acceptors (Lipinski definition) is 5. The zero-order chi connectivity index (χ0) is 11.5. The number of tetrazole rings is 1. The smallest absolute Gasteiger partial charge is 0.276 e. The predicted octanol–water partition coefficient (Wildman–Crippen LogP) is -0.00350. The van der Waals surface area contributed by atoms with Gasteiger partial charge in [0.15, 0.2) is 0 Å². The Labute approximate surface area is 89.3 Å². The normalized spacial score (nSPS) is 10.1. The van der Waals surface area contributed by atoms with Gasteiger partial charge in [-0.15, -0.1) is 5.10 Å². The summed E-state index contributed by atoms with van der Waals surface area (Å²) in [7, 11) is 1.56. The van der Waals surface area contributed by atoms with Crippen LogP contribution in [0.15, 0.2) is 18.2 Å². The molecule has 0 atom stereocenters. The third-order valence-corrected chi connectivity index (χ3v) is 1.68. The molecular formula is C8H7FN6O. The molecule has 2 aromatic rings. The van der Waals surface area contributed by atoms with E-state index >= 15 is 0 Å². The molecule has 8 heteroatoms. The Morgan fingerprint density at radius 1 is 1.50 bits per heavy atom. The van der Waals surface area contributed by atoms with Crippen LogP contribution < -0.4 is 5.32 Å². The summed E-state index contributed by atoms with van der Waals surface area (Å²) in [6.45, 7) is 0. The molecule has 1 amide bonds. The van der Waals surface area contributed by atoms with Crippen molar-refractivity contribution >= 4 is 11.9 Å². The van der Waals surface area contributed by atoms with E-state index in [4.69, 9.17) is 0 Å². The lowest BCUT2D eigenvalue weighted by atomic mass is 10.3. The van der Waals surface area contributed by atoms with E-state index in [0.29, 0.717) is 0 Å². The lowest BCUT2D eigenvalue weighted by Crippen LogP contribution is -2.15. The Bertz CT molecular complexity index is 525. The molecule has 2 aromatic heterocycles. The highest BCUT2D eigenvalue weighted by Crippen LogP contribution is 2.01. The molecule has 0 saturated carbocycles. The van der Waals surface area contributed by atoms with E-state index < -0.39 is 11.9 Å². The molecule has 7 nitrogen and oxygen atoms in total. The molecule has 1 N–H and O–H groups in total. The molecular weight excluding hydrogens is 215 g/mol. The summed E-state index contributed by atoms with van der Waals surface area (Å²) >= 11 is 0. The van der Waals surface area contributed by atoms with Gasteiger partial charge in [-0.3, -0.25) is 10.1 Å². The molecule has 0 aliphatic carbocycles. The van der Waals surface area contributed by atoms with E-state index in [2.05, 4.69) is 25.7 Å². The van der Waals surface area contributed by atoms with Gasteiger partial charge >= 0.3 is 0 Å². The second-order valence-corrected chi connectivity index (χ2v) is 2.90. The molecule has 0 aromatic carbocycles. The molecule has 2 rings (SSSR count). The lowest BCUT2D eigenvalue weighted by molar-refractivity contribution is 0.102. The van der Waals surface area contributed by atoms with E-state index in [1.54, 1.807) is 7.05 Å². The maximum absolute atomic E-state index is 12.7. The van der Waals surface area contributed by atoms with Crippen LogP contribution in [-0.4, -0.2) is 31.1 Å². The summed E-state index contributed by atoms with van der Waals surface area (Å²) in [6.07, 6.45) is 0. The van der Waals surface area contributed by atoms with E-state index in [-0.39, 0.29) is 11.6 Å². The first-order chi connectivity index (χ1) is 7.65. The Morgan fingerprint density at radius 2 is 2.31 bits per heavy atom. The minimum absolute atomic E-state index is 0.0403. The van der Waals surface area contributed by atoms with Crippen LogP contribution >= 0.6 is 0 Å². The van der Waals surface area contributed by atoms with Gasteiger partial charge in [0, 0.05) is 0 Å². The number of halogens is 1. The van der Waals surface area contributed by atoms with Crippen LogP contribution in [0.25, 0.3) is 0 Å². The zero-order valence-corrected chi connectivity index (χ0v) is 8.25. The highest BCUT2D eigenvalue weighted by Gasteiger charge is 2.10. The Hall–Kier alpha value is -2.38. The molecule has 0 spiro atoms. The van der Waals surface area contributed by atoms with Gasteiger partial charge in [-0.05, 0) is 17.3 Å². The molecule has 0 saturated heterocycles. The van der Waals surface area contributed by atoms with Gasteiger partial charge in [0.25, 0.3) is 11.9 Å². The third kappa shape index (κ3) is 2.16. The summed E-state index contributed by atoms with van der Waals surface area (Å²) in [5, 5.41) is 13.2. The van der Waals surface area contributed by atoms with Gasteiger partial charge in [-0.2, -0.15) is 9.19 Å². The molecule has 0 bridgehead atoms. The molecule has 2 heterocycles. The average molecular weight is 222 g/mol. The largest absolute Gasteiger partial charge is 0.286 e. The summed E-state index contributed by atoms with van der Waals surface area (Å²) in [5.41, 5.74) is -0.0487. The number of carbonyl (C=O) groups is 1. The minimum atomic E-state index is -0.722. The van der Waals surface area contributed by atoms with Crippen LogP contribution in [0.2, 0.25) is 0 Å². The van der Waals surface area contributed by atoms with Gasteiger partial charge in [0.1, 0.15) is 5.69 Å². The van der Waals surface area contributed by atoms with Crippen LogP contribution in [-0.2, 0) is 7.05 Å². The van der Waals surface area contributed by atoms with Crippen LogP contribution in [0.5, 0.6) is 0 Å². The summed E-state index contributed by atoms with van der Waals surface area (Å²) < 4.78 is 12.7. The van der Waals surface area contributed by atoms with Crippen molar-refractivity contribution in [1.29, 1.82) is 0 Å². The van der Waals surface area contributed by atoms with Crippen molar-refractivity contribution in [2.45, 2.75) is 0 Å². The zero-order valence-electron chi connectivity index (χ0n) is 8.25. The van der Waals surface area contributed by atoms with E-state index in [1.165, 1.54) is 16.9 Å². The van der Waals surface area contributed by atoms with Crippen LogP contribution in [0.1, 0.15) is 10.5 Å². The van der Waals surface area contributed by atoms with Crippen LogP contribution in [0.3, 0.4) is 0 Å². The number of nitrogens with one attached hydrogen (secondary N) is 1. The summed E-state index contributed by atoms with van der Waals surface area (Å²) in [4.78, 5) is 16.1. The first-order valence-electron chi connectivity index (χ1n) is 4.33. The van der Waals surface area contributed by atoms with Gasteiger partial charge in [0.2, 0.25) is 5.95 Å². The molecule has 0 unspecified atom stereocenters. The number of carbonyl (C=O) groups excluding carboxylic acids is 1. The summed E-state index contributed by atoms with van der Waals surface area (Å²) in [6, 6.07) is 3.92. The van der Waals surface area contributed by atoms with Crippen molar-refractivity contribution in [2.24, 2.45) is 7.05 Å². The second kappa shape index (κ2) is 4.01. The van der Waals surface area contributed by atoms with E-state index in [0.717, 1.165) is 6.07 Å². The number of aryl methyl sites for hydroxylation is 1. The Morgan fingerprint density at radius 3 is 2.94 bits per heavy atom. The molecule has 16 heavy (non-hydrogen) atoms. The van der Waals surface area contributed by atoms with Crippen LogP contribution in [0, 0.1) is 5.95 Å². The first kappa shape index (κ1) is 10.1. The molecule has 82 valence electrons. The number of hydrogen-bond donors (Lipinski definition) is 1. The first-order valence-corrected chi connectivity index (χ1v) is 4.33. The third-order valence-electron chi connectivity index (χ3n) is 1.68. The van der Waals surface area contributed by atoms with Gasteiger partial charge in [-0.1, -0.05) is 11.2 Å². The van der Waals surface area contributed by atoms with Crippen molar-refractivity contribution in [3.05, 3.63) is 29.8 Å². The second-order valence-electron chi connectivity index (χ2n) is 2.90. The quantitative estimate of drug-likeness (QED) is 0.722. The number of pyridine rings is 1. The highest BCUT2D eigenvalue weighted by atomic mass is 19.1. The van der Waals surface area contributed by atoms with Crippen molar-refractivity contribution in [2.75, 3.05) is 5.32 Å². The number of rotatable bonds is 2. The van der Waals surface area contributed by atoms with E-state index in [9.17, 15) is 9.18 Å².